The van der Waals surface area contributed by atoms with E-state index in [0.29, 0.717) is 40.4 Å². The Bertz CT molecular complexity index is 5890. The van der Waals surface area contributed by atoms with Crippen LogP contribution in [0.15, 0.2) is 382 Å². The number of hydrogen-bond donors (Lipinski definition) is 0. The molecule has 21 rings (SSSR count). The Hall–Kier alpha value is -13.6. The first-order chi connectivity index (χ1) is 59.7. The molecule has 2 unspecified atom stereocenters. The van der Waals surface area contributed by atoms with Crippen molar-refractivity contribution < 1.29 is 28.4 Å². The monoisotopic (exact) mass is 1620 g/mol. The summed E-state index contributed by atoms with van der Waals surface area (Å²) in [5, 5.41) is 4.16. The van der Waals surface area contributed by atoms with E-state index in [9.17, 15) is 0 Å². The first-order valence-corrected chi connectivity index (χ1v) is 44.8. The molecule has 0 aliphatic carbocycles. The van der Waals surface area contributed by atoms with Crippen LogP contribution in [0.1, 0.15) is 55.6 Å². The third-order valence-electron chi connectivity index (χ3n) is 23.8. The number of fused-ring (bicyclic) bond motifs is 6. The Kier molecular flexibility index (Phi) is 25.7. The van der Waals surface area contributed by atoms with E-state index >= 15 is 0 Å². The maximum Gasteiger partial charge on any atom is 0.228 e. The molecule has 0 saturated heterocycles. The fourth-order valence-electron chi connectivity index (χ4n) is 17.2. The molecule has 6 aliphatic rings. The van der Waals surface area contributed by atoms with Crippen molar-refractivity contribution in [3.63, 3.8) is 0 Å². The van der Waals surface area contributed by atoms with Crippen molar-refractivity contribution in [3.05, 3.63) is 438 Å². The van der Waals surface area contributed by atoms with Gasteiger partial charge in [0.15, 0.2) is 26.9 Å². The lowest BCUT2D eigenvalue weighted by Gasteiger charge is -2.38. The van der Waals surface area contributed by atoms with Crippen LogP contribution >= 0.6 is 0 Å². The molecule has 0 fully saturated rings. The number of anilines is 4. The average Bonchev–Trinajstić information content (AvgIpc) is 0.745. The molecule has 0 amide bonds. The van der Waals surface area contributed by atoms with Crippen molar-refractivity contribution in [2.24, 2.45) is 0 Å². The van der Waals surface area contributed by atoms with E-state index in [-0.39, 0.29) is 0 Å². The average molecular weight is 1630 g/mol. The van der Waals surface area contributed by atoms with E-state index < -0.39 is 8.07 Å². The highest BCUT2D eigenvalue weighted by molar-refractivity contribution is 7.11. The third-order valence-corrected chi connectivity index (χ3v) is 28.2. The summed E-state index contributed by atoms with van der Waals surface area (Å²) in [6, 6.07) is 134. The number of benzene rings is 15. The van der Waals surface area contributed by atoms with Gasteiger partial charge in [0.05, 0.1) is 14.1 Å². The van der Waals surface area contributed by atoms with Gasteiger partial charge in [0.1, 0.15) is 67.0 Å². The summed E-state index contributed by atoms with van der Waals surface area (Å²) in [7, 11) is 2.25. The molecule has 15 aromatic carbocycles. The number of ether oxygens (including phenoxy) is 6. The number of nitrogens with zero attached hydrogens (tertiary/aromatic N) is 6. The lowest BCUT2D eigenvalue weighted by atomic mass is 10.0. The van der Waals surface area contributed by atoms with Gasteiger partial charge in [-0.2, -0.15) is 0 Å². The predicted molar refractivity (Wildman–Crippen MR) is 506 cm³/mol. The van der Waals surface area contributed by atoms with Crippen molar-refractivity contribution in [1.29, 1.82) is 0 Å². The van der Waals surface area contributed by atoms with Gasteiger partial charge in [0.2, 0.25) is 13.5 Å². The molecule has 612 valence electrons. The molecule has 0 spiro atoms. The maximum absolute atomic E-state index is 6.47. The highest BCUT2D eigenvalue weighted by Crippen LogP contribution is 2.41. The fraction of sp³-hybridized carbons (Fsp3) is 0.174. The Balaban J connectivity index is 0.000000110. The number of para-hydroxylation sites is 11. The van der Waals surface area contributed by atoms with Crippen LogP contribution in [0.5, 0.6) is 34.5 Å². The molecular weight excluding hydrogens is 1520 g/mol. The number of hydrogen-bond acceptors (Lipinski definition) is 10. The normalized spacial score (nSPS) is 16.2. The van der Waals surface area contributed by atoms with Gasteiger partial charge in [0.25, 0.3) is 0 Å². The zero-order chi connectivity index (χ0) is 83.7. The van der Waals surface area contributed by atoms with Crippen LogP contribution in [-0.2, 0) is 39.3 Å². The molecule has 13 heteroatoms. The Labute approximate surface area is 721 Å². The topological polar surface area (TPSA) is 68.3 Å². The molecule has 0 aromatic heterocycles. The summed E-state index contributed by atoms with van der Waals surface area (Å²) in [5.41, 5.74) is 22.4. The Morgan fingerprint density at radius 2 is 0.607 bits per heavy atom. The summed E-state index contributed by atoms with van der Waals surface area (Å²) >= 11 is 0. The predicted octanol–water partition coefficient (Wildman–Crippen LogP) is 22.5. The van der Waals surface area contributed by atoms with Crippen molar-refractivity contribution in [1.82, 2.24) is 8.97 Å². The van der Waals surface area contributed by atoms with Crippen LogP contribution in [-0.4, -0.2) is 62.6 Å². The van der Waals surface area contributed by atoms with E-state index in [2.05, 4.69) is 414 Å². The quantitative estimate of drug-likeness (QED) is 0.0751. The first-order valence-electron chi connectivity index (χ1n) is 42.3. The van der Waals surface area contributed by atoms with Gasteiger partial charge in [-0.25, -0.2) is 0 Å². The SMILES string of the molecule is C[Si](c1ccccc1)(c1ccccc1)c1cccc2c1OCN(c1ccccc1)C2.Cc1cc(C)c2c(c1)C[N+](C)(c1ccccc1)CO2.Cc1cccc2c1OCN(c1ccccc1)C2.Cc1cccc2c1OC[N+](C)(c1ccccc1)C2.c1ccc(-c2cccc3c2OCN(c2ccccc2)C3)cc1.c1ccc(N2COc3ccccc3C2)cc1. The standard InChI is InChI=1S/C27H25NOSi.C20H17NO.C17H20NO.C16H18NO.C15H15NO.C14H13NO/c1-30(24-15-7-3-8-16-24,25-17-9-4-10-18-25)26-19-11-12-22-20-28(21-29-27(22)26)23-13-5-2-6-14-23;1-3-8-16(9-4-1)19-13-7-10-17-14-21(15-22-20(17)19)18-11-5-2-6-12-18;1-13-9-14(2)17-15(10-13)11-18(3,12-19-17)16-7-5-4-6-8-16;1-13-7-6-8-14-11-17(2,12-18-16(13)14)15-9-4-3-5-10-15;1-12-6-5-7-13-10-16(11-17-15(12)13)14-8-3-2-4-9-14;1-2-7-13(8-3-1)15-10-12-6-4-5-9-14(12)16-11-15/h2-19H,20-21H2,1H3;1-13H,14-15H2;4-10H,11-12H2,1-3H3;3-10H,11-12H2,1-2H3;2-9H,10-11H2,1H3;1-9H,10-11H2/q;;2*+1;;. The van der Waals surface area contributed by atoms with Crippen LogP contribution in [0.25, 0.3) is 11.1 Å². The van der Waals surface area contributed by atoms with Gasteiger partial charge in [-0.3, -0.25) is 8.97 Å². The summed E-state index contributed by atoms with van der Waals surface area (Å²) in [5.74, 6) is 6.31. The third kappa shape index (κ3) is 19.0. The molecule has 2 atom stereocenters. The highest BCUT2D eigenvalue weighted by Gasteiger charge is 2.39. The molecule has 0 radical (unpaired) electrons. The summed E-state index contributed by atoms with van der Waals surface area (Å²) in [6.07, 6.45) is 0. The number of quaternary nitrogens is 2. The van der Waals surface area contributed by atoms with Crippen LogP contribution in [0.4, 0.5) is 34.1 Å². The molecule has 0 N–H and O–H groups in total. The maximum atomic E-state index is 6.47. The molecular formula is C109H108N6O6Si+2. The minimum absolute atomic E-state index is 0.572. The van der Waals surface area contributed by atoms with Crippen LogP contribution in [0.3, 0.4) is 0 Å². The van der Waals surface area contributed by atoms with E-state index in [0.717, 1.165) is 82.7 Å². The Morgan fingerprint density at radius 1 is 0.270 bits per heavy atom. The molecule has 122 heavy (non-hydrogen) atoms. The van der Waals surface area contributed by atoms with Crippen molar-refractivity contribution >= 4 is 57.8 Å². The smallest absolute Gasteiger partial charge is 0.228 e. The summed E-state index contributed by atoms with van der Waals surface area (Å²) < 4.78 is 37.8. The van der Waals surface area contributed by atoms with Crippen molar-refractivity contribution in [2.45, 2.75) is 73.5 Å². The molecule has 6 aliphatic heterocycles. The highest BCUT2D eigenvalue weighted by atomic mass is 28.3. The second kappa shape index (κ2) is 38.2. The molecule has 0 bridgehead atoms. The molecule has 12 nitrogen and oxygen atoms in total. The van der Waals surface area contributed by atoms with Gasteiger partial charge < -0.3 is 48.0 Å². The number of aryl methyl sites for hydroxylation is 4. The minimum Gasteiger partial charge on any atom is -0.473 e. The van der Waals surface area contributed by atoms with Gasteiger partial charge in [-0.1, -0.05) is 303 Å². The molecule has 6 heterocycles. The van der Waals surface area contributed by atoms with E-state index in [1.165, 1.54) is 116 Å². The lowest BCUT2D eigenvalue weighted by Crippen LogP contribution is -2.65. The lowest BCUT2D eigenvalue weighted by molar-refractivity contribution is 0.123. The summed E-state index contributed by atoms with van der Waals surface area (Å²) in [6.45, 7) is 20.3. The Morgan fingerprint density at radius 3 is 1.09 bits per heavy atom. The van der Waals surface area contributed by atoms with Gasteiger partial charge >= 0.3 is 0 Å². The summed E-state index contributed by atoms with van der Waals surface area (Å²) in [4.78, 5) is 9.00. The second-order valence-corrected chi connectivity index (χ2v) is 36.6. The van der Waals surface area contributed by atoms with E-state index in [1.807, 2.05) is 36.4 Å². The zero-order valence-electron chi connectivity index (χ0n) is 71.0. The fourth-order valence-corrected chi connectivity index (χ4v) is 21.0. The van der Waals surface area contributed by atoms with Crippen LogP contribution < -0.4 is 72.5 Å². The van der Waals surface area contributed by atoms with Crippen molar-refractivity contribution in [2.75, 3.05) is 74.1 Å². The van der Waals surface area contributed by atoms with E-state index in [4.69, 9.17) is 28.4 Å². The van der Waals surface area contributed by atoms with Crippen molar-refractivity contribution in [3.8, 4) is 45.6 Å². The second-order valence-electron chi connectivity index (χ2n) is 32.7. The largest absolute Gasteiger partial charge is 0.473 e. The molecule has 15 aromatic rings. The van der Waals surface area contributed by atoms with Gasteiger partial charge in [-0.15, -0.1) is 0 Å². The van der Waals surface area contributed by atoms with Crippen LogP contribution in [0.2, 0.25) is 6.55 Å². The first kappa shape index (κ1) is 82.1. The number of rotatable bonds is 10. The minimum atomic E-state index is -2.20. The van der Waals surface area contributed by atoms with E-state index in [1.54, 1.807) is 0 Å². The van der Waals surface area contributed by atoms with Crippen LogP contribution in [0, 0.1) is 27.7 Å². The zero-order valence-corrected chi connectivity index (χ0v) is 72.0. The molecule has 0 saturated carbocycles. The van der Waals surface area contributed by atoms with Gasteiger partial charge in [-0.05, 0) is 157 Å². The van der Waals surface area contributed by atoms with Gasteiger partial charge in [0, 0.05) is 87.9 Å².